The molecule has 0 spiro atoms. The van der Waals surface area contributed by atoms with Crippen LogP contribution in [0.25, 0.3) is 0 Å². The first-order chi connectivity index (χ1) is 10.0. The summed E-state index contributed by atoms with van der Waals surface area (Å²) in [6.07, 6.45) is 0.839. The Kier molecular flexibility index (Phi) is 4.42. The van der Waals surface area contributed by atoms with Crippen LogP contribution in [-0.2, 0) is 13.1 Å². The quantitative estimate of drug-likeness (QED) is 0.630. The molecule has 0 aliphatic carbocycles. The van der Waals surface area contributed by atoms with Crippen LogP contribution in [0.4, 0.5) is 11.5 Å². The number of hydrogen-bond donors (Lipinski definition) is 2. The Bertz CT molecular complexity index is 634. The van der Waals surface area contributed by atoms with E-state index in [9.17, 15) is 15.2 Å². The second-order valence-corrected chi connectivity index (χ2v) is 4.78. The average Bonchev–Trinajstić information content (AvgIpc) is 2.74. The summed E-state index contributed by atoms with van der Waals surface area (Å²) in [7, 11) is 0. The van der Waals surface area contributed by atoms with E-state index in [1.807, 2.05) is 6.92 Å². The monoisotopic (exact) mass is 290 g/mol. The topological polar surface area (TPSA) is 93.2 Å². The van der Waals surface area contributed by atoms with Gasteiger partial charge in [-0.3, -0.25) is 10.1 Å². The molecule has 0 bridgehead atoms. The zero-order chi connectivity index (χ0) is 15.4. The molecule has 7 nitrogen and oxygen atoms in total. The Morgan fingerprint density at radius 1 is 1.38 bits per heavy atom. The highest BCUT2D eigenvalue weighted by atomic mass is 16.6. The molecule has 1 aromatic heterocycles. The molecule has 0 aliphatic rings. The van der Waals surface area contributed by atoms with Gasteiger partial charge in [0, 0.05) is 13.1 Å². The fourth-order valence-electron chi connectivity index (χ4n) is 2.14. The Hall–Kier alpha value is -2.57. The number of aryl methyl sites for hydroxylation is 2. The third kappa shape index (κ3) is 3.31. The lowest BCUT2D eigenvalue weighted by molar-refractivity contribution is -0.384. The number of aromatic nitrogens is 2. The molecule has 0 aliphatic heterocycles. The maximum atomic E-state index is 11.2. The van der Waals surface area contributed by atoms with Crippen molar-refractivity contribution in [3.63, 3.8) is 0 Å². The van der Waals surface area contributed by atoms with Crippen LogP contribution in [0, 0.1) is 17.0 Å². The number of phenolic OH excluding ortho intramolecular Hbond substituents is 1. The van der Waals surface area contributed by atoms with E-state index in [0.29, 0.717) is 24.6 Å². The van der Waals surface area contributed by atoms with Crippen molar-refractivity contribution < 1.29 is 10.0 Å². The van der Waals surface area contributed by atoms with Gasteiger partial charge in [-0.25, -0.2) is 4.68 Å². The van der Waals surface area contributed by atoms with Crippen molar-refractivity contribution in [3.8, 4) is 5.75 Å². The van der Waals surface area contributed by atoms with Gasteiger partial charge >= 0.3 is 5.69 Å². The van der Waals surface area contributed by atoms with E-state index in [1.54, 1.807) is 35.9 Å². The van der Waals surface area contributed by atoms with E-state index >= 15 is 0 Å². The number of hydrogen-bond acceptors (Lipinski definition) is 5. The SMILES string of the molecule is CCCn1nc(C)c([N+](=O)[O-])c1NCc1ccc(O)cc1. The van der Waals surface area contributed by atoms with Gasteiger partial charge in [-0.15, -0.1) is 0 Å². The molecule has 112 valence electrons. The fraction of sp³-hybridized carbons (Fsp3) is 0.357. The summed E-state index contributed by atoms with van der Waals surface area (Å²) in [4.78, 5) is 10.8. The molecule has 2 aromatic rings. The molecule has 1 heterocycles. The van der Waals surface area contributed by atoms with Crippen LogP contribution < -0.4 is 5.32 Å². The maximum absolute atomic E-state index is 11.2. The molecule has 0 saturated heterocycles. The van der Waals surface area contributed by atoms with Crippen LogP contribution in [-0.4, -0.2) is 19.8 Å². The Labute approximate surface area is 122 Å². The Balaban J connectivity index is 2.24. The van der Waals surface area contributed by atoms with Crippen LogP contribution in [0.1, 0.15) is 24.6 Å². The zero-order valence-electron chi connectivity index (χ0n) is 12.0. The number of aromatic hydroxyl groups is 1. The normalized spacial score (nSPS) is 10.6. The van der Waals surface area contributed by atoms with Gasteiger partial charge < -0.3 is 10.4 Å². The van der Waals surface area contributed by atoms with E-state index in [4.69, 9.17) is 0 Å². The molecule has 0 radical (unpaired) electrons. The van der Waals surface area contributed by atoms with Gasteiger partial charge in [0.2, 0.25) is 5.82 Å². The van der Waals surface area contributed by atoms with E-state index in [1.165, 1.54) is 0 Å². The van der Waals surface area contributed by atoms with Crippen LogP contribution in [0.15, 0.2) is 24.3 Å². The number of phenols is 1. The number of anilines is 1. The number of nitrogens with one attached hydrogen (secondary N) is 1. The minimum atomic E-state index is -0.409. The number of rotatable bonds is 6. The highest BCUT2D eigenvalue weighted by Crippen LogP contribution is 2.28. The first kappa shape index (κ1) is 14.8. The first-order valence-electron chi connectivity index (χ1n) is 6.76. The highest BCUT2D eigenvalue weighted by Gasteiger charge is 2.24. The molecule has 0 amide bonds. The van der Waals surface area contributed by atoms with Crippen molar-refractivity contribution in [1.82, 2.24) is 9.78 Å². The summed E-state index contributed by atoms with van der Waals surface area (Å²) in [6, 6.07) is 6.70. The van der Waals surface area contributed by atoms with E-state index in [-0.39, 0.29) is 11.4 Å². The third-order valence-corrected chi connectivity index (χ3v) is 3.11. The second kappa shape index (κ2) is 6.25. The lowest BCUT2D eigenvalue weighted by Crippen LogP contribution is -2.09. The third-order valence-electron chi connectivity index (χ3n) is 3.11. The minimum Gasteiger partial charge on any atom is -0.508 e. The predicted molar refractivity (Wildman–Crippen MR) is 79.3 cm³/mol. The molecule has 0 atom stereocenters. The van der Waals surface area contributed by atoms with Crippen molar-refractivity contribution >= 4 is 11.5 Å². The van der Waals surface area contributed by atoms with Gasteiger partial charge in [0.1, 0.15) is 11.4 Å². The van der Waals surface area contributed by atoms with Crippen molar-refractivity contribution in [1.29, 1.82) is 0 Å². The molecule has 2 N–H and O–H groups in total. The summed E-state index contributed by atoms with van der Waals surface area (Å²) in [5.41, 5.74) is 1.34. The first-order valence-corrected chi connectivity index (χ1v) is 6.76. The summed E-state index contributed by atoms with van der Waals surface area (Å²) in [5.74, 6) is 0.615. The Morgan fingerprint density at radius 2 is 2.05 bits per heavy atom. The van der Waals surface area contributed by atoms with E-state index in [0.717, 1.165) is 12.0 Å². The molecule has 0 unspecified atom stereocenters. The molecule has 7 heteroatoms. The molecular weight excluding hydrogens is 272 g/mol. The van der Waals surface area contributed by atoms with Gasteiger partial charge in [0.05, 0.1) is 4.92 Å². The molecule has 2 rings (SSSR count). The predicted octanol–water partition coefficient (Wildman–Crippen LogP) is 2.83. The average molecular weight is 290 g/mol. The molecule has 0 saturated carbocycles. The maximum Gasteiger partial charge on any atom is 0.333 e. The summed E-state index contributed by atoms with van der Waals surface area (Å²) < 4.78 is 1.63. The summed E-state index contributed by atoms with van der Waals surface area (Å²) in [5, 5.41) is 27.7. The minimum absolute atomic E-state index is 0.0160. The fourth-order valence-corrected chi connectivity index (χ4v) is 2.14. The number of nitro groups is 1. The van der Waals surface area contributed by atoms with Crippen molar-refractivity contribution in [2.24, 2.45) is 0 Å². The smallest absolute Gasteiger partial charge is 0.333 e. The van der Waals surface area contributed by atoms with Crippen LogP contribution >= 0.6 is 0 Å². The van der Waals surface area contributed by atoms with Gasteiger partial charge in [-0.05, 0) is 31.0 Å². The lowest BCUT2D eigenvalue weighted by Gasteiger charge is -2.08. The Morgan fingerprint density at radius 3 is 2.62 bits per heavy atom. The summed E-state index contributed by atoms with van der Waals surface area (Å²) >= 11 is 0. The van der Waals surface area contributed by atoms with Gasteiger partial charge in [0.25, 0.3) is 0 Å². The van der Waals surface area contributed by atoms with Crippen LogP contribution in [0.5, 0.6) is 5.75 Å². The lowest BCUT2D eigenvalue weighted by atomic mass is 10.2. The molecule has 1 aromatic carbocycles. The van der Waals surface area contributed by atoms with Crippen molar-refractivity contribution in [2.75, 3.05) is 5.32 Å². The van der Waals surface area contributed by atoms with Crippen molar-refractivity contribution in [2.45, 2.75) is 33.4 Å². The van der Waals surface area contributed by atoms with Crippen LogP contribution in [0.3, 0.4) is 0 Å². The highest BCUT2D eigenvalue weighted by molar-refractivity contribution is 5.59. The number of nitrogens with zero attached hydrogens (tertiary/aromatic N) is 3. The number of benzene rings is 1. The molecule has 0 fully saturated rings. The van der Waals surface area contributed by atoms with Crippen LogP contribution in [0.2, 0.25) is 0 Å². The molecular formula is C14H18N4O3. The standard InChI is InChI=1S/C14H18N4O3/c1-3-8-17-14(13(18(20)21)10(2)16-17)15-9-11-4-6-12(19)7-5-11/h4-7,15,19H,3,8-9H2,1-2H3. The summed E-state index contributed by atoms with van der Waals surface area (Å²) in [6.45, 7) is 4.67. The largest absolute Gasteiger partial charge is 0.508 e. The zero-order valence-corrected chi connectivity index (χ0v) is 12.0. The molecule has 21 heavy (non-hydrogen) atoms. The van der Waals surface area contributed by atoms with E-state index < -0.39 is 4.92 Å². The van der Waals surface area contributed by atoms with Gasteiger partial charge in [-0.1, -0.05) is 19.1 Å². The van der Waals surface area contributed by atoms with Gasteiger partial charge in [0.15, 0.2) is 0 Å². The second-order valence-electron chi connectivity index (χ2n) is 4.78. The van der Waals surface area contributed by atoms with Crippen molar-refractivity contribution in [3.05, 3.63) is 45.6 Å². The van der Waals surface area contributed by atoms with Gasteiger partial charge in [-0.2, -0.15) is 5.10 Å². The van der Waals surface area contributed by atoms with E-state index in [2.05, 4.69) is 10.4 Å².